The second-order valence-electron chi connectivity index (χ2n) is 4.52. The Morgan fingerprint density at radius 1 is 1.33 bits per heavy atom. The number of aromatic nitrogens is 1. The van der Waals surface area contributed by atoms with Crippen molar-refractivity contribution in [3.05, 3.63) is 41.6 Å². The van der Waals surface area contributed by atoms with E-state index >= 15 is 0 Å². The predicted octanol–water partition coefficient (Wildman–Crippen LogP) is 2.47. The van der Waals surface area contributed by atoms with E-state index in [-0.39, 0.29) is 0 Å². The van der Waals surface area contributed by atoms with Gasteiger partial charge in [0.2, 0.25) is 0 Å². The molecule has 0 amide bonds. The summed E-state index contributed by atoms with van der Waals surface area (Å²) in [5.74, 6) is 0.785. The van der Waals surface area contributed by atoms with Gasteiger partial charge in [0.25, 0.3) is 0 Å². The van der Waals surface area contributed by atoms with Crippen LogP contribution in [0.2, 0.25) is 0 Å². The molecule has 1 heterocycles. The summed E-state index contributed by atoms with van der Waals surface area (Å²) in [4.78, 5) is 0. The maximum absolute atomic E-state index is 8.77. The van der Waals surface area contributed by atoms with Gasteiger partial charge in [-0.05, 0) is 37.1 Å². The molecule has 18 heavy (non-hydrogen) atoms. The first-order valence-electron chi connectivity index (χ1n) is 6.04. The quantitative estimate of drug-likeness (QED) is 0.890. The fraction of sp³-hybridized carbons (Fsp3) is 0.286. The molecule has 0 atom stereocenters. The highest BCUT2D eigenvalue weighted by atomic mass is 16.5. The molecule has 1 aromatic carbocycles. The molecular formula is C14H13N3O. The Kier molecular flexibility index (Phi) is 2.83. The molecule has 0 saturated heterocycles. The normalized spacial score (nSPS) is 14.4. The number of nitriles is 1. The third-order valence-corrected chi connectivity index (χ3v) is 3.08. The average molecular weight is 239 g/mol. The monoisotopic (exact) mass is 239 g/mol. The molecule has 0 unspecified atom stereocenters. The Morgan fingerprint density at radius 3 is 2.78 bits per heavy atom. The second kappa shape index (κ2) is 4.63. The Hall–Kier alpha value is -2.12. The first-order valence-corrected chi connectivity index (χ1v) is 6.04. The molecule has 4 heteroatoms. The van der Waals surface area contributed by atoms with Crippen LogP contribution in [0, 0.1) is 11.3 Å². The number of nitrogens with zero attached hydrogens (tertiary/aromatic N) is 2. The van der Waals surface area contributed by atoms with Crippen molar-refractivity contribution >= 4 is 0 Å². The third kappa shape index (κ3) is 2.27. The standard InChI is InChI=1S/C14H13N3O/c15-7-10-1-3-11(4-2-10)14-12(9-17-18-14)8-16-13-5-6-13/h1-4,9,13,16H,5-6,8H2. The summed E-state index contributed by atoms with van der Waals surface area (Å²) in [6, 6.07) is 10.1. The van der Waals surface area contributed by atoms with Gasteiger partial charge in [-0.1, -0.05) is 5.16 Å². The first kappa shape index (κ1) is 11.0. The fourth-order valence-electron chi connectivity index (χ4n) is 1.86. The van der Waals surface area contributed by atoms with Crippen molar-refractivity contribution in [2.45, 2.75) is 25.4 Å². The van der Waals surface area contributed by atoms with Gasteiger partial charge in [-0.2, -0.15) is 5.26 Å². The van der Waals surface area contributed by atoms with E-state index in [1.807, 2.05) is 12.1 Å². The summed E-state index contributed by atoms with van der Waals surface area (Å²) in [6.45, 7) is 0.781. The van der Waals surface area contributed by atoms with Gasteiger partial charge in [-0.3, -0.25) is 0 Å². The largest absolute Gasteiger partial charge is 0.356 e. The van der Waals surface area contributed by atoms with Gasteiger partial charge in [-0.15, -0.1) is 0 Å². The minimum absolute atomic E-state index is 0.649. The first-order chi connectivity index (χ1) is 8.86. The van der Waals surface area contributed by atoms with Crippen LogP contribution in [0.4, 0.5) is 0 Å². The molecule has 2 aromatic rings. The molecule has 0 bridgehead atoms. The zero-order valence-corrected chi connectivity index (χ0v) is 9.89. The minimum atomic E-state index is 0.649. The zero-order chi connectivity index (χ0) is 12.4. The van der Waals surface area contributed by atoms with E-state index in [2.05, 4.69) is 16.5 Å². The maximum Gasteiger partial charge on any atom is 0.171 e. The molecule has 1 aromatic heterocycles. The van der Waals surface area contributed by atoms with Crippen molar-refractivity contribution in [3.63, 3.8) is 0 Å². The van der Waals surface area contributed by atoms with Crippen molar-refractivity contribution < 1.29 is 4.52 Å². The molecule has 1 fully saturated rings. The van der Waals surface area contributed by atoms with Crippen LogP contribution in [-0.4, -0.2) is 11.2 Å². The van der Waals surface area contributed by atoms with Crippen LogP contribution in [0.1, 0.15) is 24.0 Å². The summed E-state index contributed by atoms with van der Waals surface area (Å²) in [5, 5.41) is 16.1. The van der Waals surface area contributed by atoms with Crippen LogP contribution in [0.5, 0.6) is 0 Å². The highest BCUT2D eigenvalue weighted by Crippen LogP contribution is 2.25. The summed E-state index contributed by atoms with van der Waals surface area (Å²) in [5.41, 5.74) is 2.67. The zero-order valence-electron chi connectivity index (χ0n) is 9.89. The van der Waals surface area contributed by atoms with E-state index in [1.54, 1.807) is 18.3 Å². The van der Waals surface area contributed by atoms with Crippen molar-refractivity contribution in [1.29, 1.82) is 5.26 Å². The number of hydrogen-bond donors (Lipinski definition) is 1. The Bertz CT molecular complexity index is 576. The molecule has 1 saturated carbocycles. The van der Waals surface area contributed by atoms with Gasteiger partial charge >= 0.3 is 0 Å². The Balaban J connectivity index is 1.81. The van der Waals surface area contributed by atoms with Crippen LogP contribution >= 0.6 is 0 Å². The number of nitrogens with one attached hydrogen (secondary N) is 1. The lowest BCUT2D eigenvalue weighted by Crippen LogP contribution is -2.15. The smallest absolute Gasteiger partial charge is 0.171 e. The van der Waals surface area contributed by atoms with E-state index in [0.29, 0.717) is 11.6 Å². The highest BCUT2D eigenvalue weighted by Gasteiger charge is 2.21. The summed E-state index contributed by atoms with van der Waals surface area (Å²) >= 11 is 0. The highest BCUT2D eigenvalue weighted by molar-refractivity contribution is 5.61. The van der Waals surface area contributed by atoms with Crippen LogP contribution in [-0.2, 0) is 6.54 Å². The van der Waals surface area contributed by atoms with E-state index < -0.39 is 0 Å². The van der Waals surface area contributed by atoms with Crippen molar-refractivity contribution in [2.75, 3.05) is 0 Å². The third-order valence-electron chi connectivity index (χ3n) is 3.08. The molecule has 3 rings (SSSR count). The Morgan fingerprint density at radius 2 is 2.11 bits per heavy atom. The van der Waals surface area contributed by atoms with Gasteiger partial charge < -0.3 is 9.84 Å². The molecule has 1 N–H and O–H groups in total. The molecule has 0 radical (unpaired) electrons. The predicted molar refractivity (Wildman–Crippen MR) is 66.5 cm³/mol. The van der Waals surface area contributed by atoms with Crippen molar-refractivity contribution in [3.8, 4) is 17.4 Å². The van der Waals surface area contributed by atoms with Crippen LogP contribution in [0.3, 0.4) is 0 Å². The van der Waals surface area contributed by atoms with E-state index in [4.69, 9.17) is 9.78 Å². The van der Waals surface area contributed by atoms with E-state index in [9.17, 15) is 0 Å². The van der Waals surface area contributed by atoms with Crippen molar-refractivity contribution in [2.24, 2.45) is 0 Å². The number of benzene rings is 1. The topological polar surface area (TPSA) is 61.9 Å². The van der Waals surface area contributed by atoms with E-state index in [1.165, 1.54) is 12.8 Å². The molecule has 1 aliphatic rings. The molecule has 1 aliphatic carbocycles. The van der Waals surface area contributed by atoms with E-state index in [0.717, 1.165) is 23.4 Å². The van der Waals surface area contributed by atoms with Crippen LogP contribution in [0.25, 0.3) is 11.3 Å². The summed E-state index contributed by atoms with van der Waals surface area (Å²) in [6.07, 6.45) is 4.28. The molecule has 0 spiro atoms. The van der Waals surface area contributed by atoms with Gasteiger partial charge in [0, 0.05) is 23.7 Å². The molecule has 90 valence electrons. The Labute approximate surface area is 105 Å². The lowest BCUT2D eigenvalue weighted by Gasteiger charge is -2.02. The molecular weight excluding hydrogens is 226 g/mol. The molecule has 4 nitrogen and oxygen atoms in total. The van der Waals surface area contributed by atoms with Gasteiger partial charge in [0.05, 0.1) is 17.8 Å². The average Bonchev–Trinajstić information content (AvgIpc) is 3.14. The lowest BCUT2D eigenvalue weighted by molar-refractivity contribution is 0.431. The second-order valence-corrected chi connectivity index (χ2v) is 4.52. The SMILES string of the molecule is N#Cc1ccc(-c2oncc2CNC2CC2)cc1. The van der Waals surface area contributed by atoms with Gasteiger partial charge in [-0.25, -0.2) is 0 Å². The van der Waals surface area contributed by atoms with Crippen LogP contribution in [0.15, 0.2) is 35.0 Å². The van der Waals surface area contributed by atoms with Crippen LogP contribution < -0.4 is 5.32 Å². The molecule has 0 aliphatic heterocycles. The fourth-order valence-corrected chi connectivity index (χ4v) is 1.86. The summed E-state index contributed by atoms with van der Waals surface area (Å²) < 4.78 is 5.30. The summed E-state index contributed by atoms with van der Waals surface area (Å²) in [7, 11) is 0. The van der Waals surface area contributed by atoms with Gasteiger partial charge in [0.15, 0.2) is 5.76 Å². The lowest BCUT2D eigenvalue weighted by atomic mass is 10.1. The number of hydrogen-bond acceptors (Lipinski definition) is 4. The number of rotatable bonds is 4. The maximum atomic E-state index is 8.77. The minimum Gasteiger partial charge on any atom is -0.356 e. The van der Waals surface area contributed by atoms with Gasteiger partial charge in [0.1, 0.15) is 0 Å². The van der Waals surface area contributed by atoms with Crippen molar-refractivity contribution in [1.82, 2.24) is 10.5 Å².